The van der Waals surface area contributed by atoms with Crippen LogP contribution in [-0.4, -0.2) is 5.43 Å². The summed E-state index contributed by atoms with van der Waals surface area (Å²) in [4.78, 5) is 0. The largest absolute Gasteiger partial charge is 1.00 e. The van der Waals surface area contributed by atoms with Gasteiger partial charge in [0.2, 0.25) is 0 Å². The smallest absolute Gasteiger partial charge is 1.00 e. The van der Waals surface area contributed by atoms with Crippen molar-refractivity contribution in [1.29, 1.82) is 0 Å². The normalized spacial score (nSPS) is 14.8. The van der Waals surface area contributed by atoms with Crippen LogP contribution in [-0.2, 0) is 29.8 Å². The fourth-order valence-electron chi connectivity index (χ4n) is 8.35. The van der Waals surface area contributed by atoms with E-state index in [2.05, 4.69) is 143 Å². The third-order valence-corrected chi connectivity index (χ3v) is 11.3. The molecule has 4 heteroatoms. The van der Waals surface area contributed by atoms with E-state index in [1.165, 1.54) is 125 Å². The molecule has 0 aromatic heterocycles. The summed E-state index contributed by atoms with van der Waals surface area (Å²) >= 11 is 1.74. The van der Waals surface area contributed by atoms with Crippen molar-refractivity contribution in [3.63, 3.8) is 0 Å². The molecule has 53 heavy (non-hydrogen) atoms. The molecule has 0 saturated heterocycles. The van der Waals surface area contributed by atoms with E-state index in [0.29, 0.717) is 5.92 Å². The van der Waals surface area contributed by atoms with Crippen molar-refractivity contribution in [2.45, 2.75) is 122 Å². The molecule has 6 aromatic carbocycles. The standard InChI is InChI=1S/C24H27.C23H25.C2H6Si.2ClH.Zr/c1-17(2)18-11-13-20(14-12-18)23-10-6-9-21-15-22(16-24(21)23)19-7-4-3-5-8-19;1-2-17-15-21-9-6-10-22(23(21)16-17)20-13-11-19(12-14-20)18-7-4-3-5-8-18;1-3-2;;;/h6,9-17,19H,3-5,7-8H2,1-2H3;6,9-16,18H,2-5,7-8H2,1H3;1-2H3;2*1H;/q2*-1;;;;+2/p-2. The molecule has 0 bridgehead atoms. The van der Waals surface area contributed by atoms with E-state index < -0.39 is 0 Å². The third kappa shape index (κ3) is 11.4. The van der Waals surface area contributed by atoms with E-state index in [-0.39, 0.29) is 30.2 Å². The molecule has 0 heterocycles. The molecule has 278 valence electrons. The van der Waals surface area contributed by atoms with Gasteiger partial charge >= 0.3 is 41.9 Å². The first kappa shape index (κ1) is 43.5. The van der Waals surface area contributed by atoms with Crippen LogP contribution >= 0.6 is 0 Å². The van der Waals surface area contributed by atoms with Crippen molar-refractivity contribution in [2.75, 3.05) is 0 Å². The monoisotopic (exact) mass is 834 g/mol. The first-order valence-corrected chi connectivity index (χ1v) is 26.1. The summed E-state index contributed by atoms with van der Waals surface area (Å²) in [6.45, 7) is 11.4. The summed E-state index contributed by atoms with van der Waals surface area (Å²) in [7, 11) is 0. The quantitative estimate of drug-likeness (QED) is 0.116. The number of hydrogen-bond donors (Lipinski definition) is 0. The minimum atomic E-state index is 0. The van der Waals surface area contributed by atoms with Crippen molar-refractivity contribution in [3.8, 4) is 22.3 Å². The van der Waals surface area contributed by atoms with Gasteiger partial charge in [-0.1, -0.05) is 131 Å². The second-order valence-electron chi connectivity index (χ2n) is 15.7. The molecular weight excluding hydrogens is 779 g/mol. The topological polar surface area (TPSA) is 0 Å². The van der Waals surface area contributed by atoms with Gasteiger partial charge in [0.1, 0.15) is 0 Å². The average Bonchev–Trinajstić information content (AvgIpc) is 3.81. The van der Waals surface area contributed by atoms with Gasteiger partial charge in [0.25, 0.3) is 0 Å². The van der Waals surface area contributed by atoms with Crippen LogP contribution in [0.1, 0.15) is 125 Å². The molecule has 0 unspecified atom stereocenters. The number of halogens is 2. The Labute approximate surface area is 348 Å². The zero-order valence-electron chi connectivity index (χ0n) is 32.7. The molecule has 0 radical (unpaired) electrons. The Kier molecular flexibility index (Phi) is 17.4. The first-order valence-electron chi connectivity index (χ1n) is 19.9. The number of rotatable bonds is 6. The zero-order chi connectivity index (χ0) is 35.7. The fraction of sp³-hybridized carbons (Fsp3) is 0.388. The van der Waals surface area contributed by atoms with Crippen LogP contribution in [0.2, 0.25) is 13.1 Å². The number of hydrogen-bond acceptors (Lipinski definition) is 0. The van der Waals surface area contributed by atoms with E-state index in [0.717, 1.165) is 18.3 Å². The van der Waals surface area contributed by atoms with Crippen LogP contribution in [0.25, 0.3) is 43.8 Å². The molecule has 0 nitrogen and oxygen atoms in total. The molecule has 0 N–H and O–H groups in total. The molecule has 2 saturated carbocycles. The van der Waals surface area contributed by atoms with Crippen molar-refractivity contribution >= 4 is 27.0 Å². The minimum absolute atomic E-state index is 0. The van der Waals surface area contributed by atoms with Crippen LogP contribution in [0.3, 0.4) is 0 Å². The minimum Gasteiger partial charge on any atom is -1.00 e. The Morgan fingerprint density at radius 2 is 1.09 bits per heavy atom. The van der Waals surface area contributed by atoms with Gasteiger partial charge in [-0.25, -0.2) is 0 Å². The molecule has 6 aromatic rings. The van der Waals surface area contributed by atoms with Crippen molar-refractivity contribution < 1.29 is 48.1 Å². The molecule has 2 aliphatic rings. The van der Waals surface area contributed by atoms with Crippen LogP contribution in [0.4, 0.5) is 0 Å². The van der Waals surface area contributed by atoms with Gasteiger partial charge in [-0.05, 0) is 72.1 Å². The van der Waals surface area contributed by atoms with E-state index in [1.54, 1.807) is 28.9 Å². The molecule has 0 atom stereocenters. The second kappa shape index (κ2) is 21.2. The summed E-state index contributed by atoms with van der Waals surface area (Å²) in [5.74, 6) is 2.16. The van der Waals surface area contributed by atoms with Crippen LogP contribution < -0.4 is 24.8 Å². The van der Waals surface area contributed by atoms with E-state index >= 15 is 0 Å². The van der Waals surface area contributed by atoms with Gasteiger partial charge in [0, 0.05) is 0 Å². The van der Waals surface area contributed by atoms with Crippen molar-refractivity contribution in [2.24, 2.45) is 0 Å². The molecule has 0 amide bonds. The Balaban J connectivity index is 0.000000208. The fourth-order valence-corrected chi connectivity index (χ4v) is 8.35. The molecular formula is C49H58Cl2SiZr-2. The Hall–Kier alpha value is -2.22. The van der Waals surface area contributed by atoms with Gasteiger partial charge < -0.3 is 24.8 Å². The van der Waals surface area contributed by atoms with Gasteiger partial charge in [-0.2, -0.15) is 12.1 Å². The van der Waals surface area contributed by atoms with Gasteiger partial charge in [0.05, 0.1) is 0 Å². The average molecular weight is 837 g/mol. The summed E-state index contributed by atoms with van der Waals surface area (Å²) in [5, 5.41) is 5.60. The summed E-state index contributed by atoms with van der Waals surface area (Å²) in [5.41, 5.74) is 11.6. The molecule has 0 spiro atoms. The maximum absolute atomic E-state index is 2.47. The molecule has 8 rings (SSSR count). The maximum Gasteiger partial charge on any atom is -1.00 e. The molecule has 2 fully saturated rings. The summed E-state index contributed by atoms with van der Waals surface area (Å²) in [6.07, 6.45) is 15.0. The van der Waals surface area contributed by atoms with E-state index in [9.17, 15) is 0 Å². The van der Waals surface area contributed by atoms with E-state index in [4.69, 9.17) is 0 Å². The first-order chi connectivity index (χ1) is 24.8. The number of fused-ring (bicyclic) bond motifs is 2. The maximum atomic E-state index is 2.47. The Morgan fingerprint density at radius 3 is 1.60 bits per heavy atom. The number of aryl methyl sites for hydroxylation is 1. The zero-order valence-corrected chi connectivity index (χ0v) is 37.6. The second-order valence-corrected chi connectivity index (χ2v) is 25.1. The van der Waals surface area contributed by atoms with Crippen LogP contribution in [0.5, 0.6) is 0 Å². The van der Waals surface area contributed by atoms with Crippen LogP contribution in [0.15, 0.2) is 109 Å². The predicted octanol–water partition coefficient (Wildman–Crippen LogP) is 9.02. The SMILES string of the molecule is CC(C)c1ccc(-c2cccc3[cH-]c(C4CCCCC4)cc23)cc1.CCc1cc2c(-c3ccc(C4CCCCC4)cc3)cccc2[cH-]1.C[Si](C)=[Zr+2].[Cl-].[Cl-]. The molecule has 0 aliphatic heterocycles. The van der Waals surface area contributed by atoms with Gasteiger partial charge in [-0.3, -0.25) is 0 Å². The van der Waals surface area contributed by atoms with Crippen molar-refractivity contribution in [3.05, 3.63) is 131 Å². The Bertz CT molecular complexity index is 2000. The predicted molar refractivity (Wildman–Crippen MR) is 223 cm³/mol. The molecule has 2 aliphatic carbocycles. The van der Waals surface area contributed by atoms with Gasteiger partial charge in [-0.15, -0.1) is 69.1 Å². The third-order valence-electron chi connectivity index (χ3n) is 11.3. The summed E-state index contributed by atoms with van der Waals surface area (Å²) < 4.78 is 0. The Morgan fingerprint density at radius 1 is 0.623 bits per heavy atom. The summed E-state index contributed by atoms with van der Waals surface area (Å²) in [6, 6.07) is 41.6. The van der Waals surface area contributed by atoms with Crippen molar-refractivity contribution in [1.82, 2.24) is 0 Å². The van der Waals surface area contributed by atoms with Crippen LogP contribution in [0, 0.1) is 0 Å². The van der Waals surface area contributed by atoms with E-state index in [1.807, 2.05) is 0 Å². The number of benzene rings is 4. The van der Waals surface area contributed by atoms with Gasteiger partial charge in [0.15, 0.2) is 0 Å².